The van der Waals surface area contributed by atoms with Crippen molar-refractivity contribution in [2.45, 2.75) is 72.4 Å². The van der Waals surface area contributed by atoms with Gasteiger partial charge in [-0.05, 0) is 49.5 Å². The Bertz CT molecular complexity index is 342. The van der Waals surface area contributed by atoms with Crippen LogP contribution in [0.5, 0.6) is 0 Å². The molecule has 0 heterocycles. The standard InChI is InChI=1S/C17H31NO/c1-6-19-14-10-13(17(14)8-7-9-17)18-11-12-15(2,3)16(12,4)5/h12-14,18H,6-11H2,1-5H3. The van der Waals surface area contributed by atoms with Gasteiger partial charge in [0.1, 0.15) is 0 Å². The normalized spacial score (nSPS) is 37.7. The van der Waals surface area contributed by atoms with Gasteiger partial charge in [0.15, 0.2) is 0 Å². The fourth-order valence-corrected chi connectivity index (χ4v) is 4.83. The summed E-state index contributed by atoms with van der Waals surface area (Å²) in [5, 5.41) is 3.89. The van der Waals surface area contributed by atoms with E-state index in [9.17, 15) is 0 Å². The van der Waals surface area contributed by atoms with Crippen LogP contribution in [-0.4, -0.2) is 25.3 Å². The summed E-state index contributed by atoms with van der Waals surface area (Å²) in [4.78, 5) is 0. The SMILES string of the molecule is CCOC1CC(NCC2C(C)(C)C2(C)C)C12CCC2. The molecule has 3 aliphatic carbocycles. The molecule has 0 aromatic carbocycles. The molecule has 0 aromatic heterocycles. The van der Waals surface area contributed by atoms with Crippen LogP contribution in [0.3, 0.4) is 0 Å². The molecule has 3 fully saturated rings. The van der Waals surface area contributed by atoms with E-state index in [0.29, 0.717) is 22.3 Å². The maximum absolute atomic E-state index is 5.93. The summed E-state index contributed by atoms with van der Waals surface area (Å²) in [5.74, 6) is 0.836. The predicted octanol–water partition coefficient (Wildman–Crippen LogP) is 3.61. The molecule has 0 amide bonds. The number of rotatable bonds is 5. The summed E-state index contributed by atoms with van der Waals surface area (Å²) < 4.78 is 5.93. The maximum atomic E-state index is 5.93. The van der Waals surface area contributed by atoms with Crippen molar-refractivity contribution >= 4 is 0 Å². The van der Waals surface area contributed by atoms with Crippen molar-refractivity contribution in [2.75, 3.05) is 13.2 Å². The molecule has 1 N–H and O–H groups in total. The van der Waals surface area contributed by atoms with Gasteiger partial charge in [0.25, 0.3) is 0 Å². The van der Waals surface area contributed by atoms with E-state index in [4.69, 9.17) is 4.74 Å². The Morgan fingerprint density at radius 1 is 1.11 bits per heavy atom. The van der Waals surface area contributed by atoms with E-state index < -0.39 is 0 Å². The molecule has 19 heavy (non-hydrogen) atoms. The van der Waals surface area contributed by atoms with Crippen LogP contribution in [-0.2, 0) is 4.74 Å². The molecule has 3 saturated carbocycles. The van der Waals surface area contributed by atoms with Crippen LogP contribution in [0.2, 0.25) is 0 Å². The van der Waals surface area contributed by atoms with Crippen LogP contribution in [0.25, 0.3) is 0 Å². The van der Waals surface area contributed by atoms with Gasteiger partial charge in [0, 0.05) is 18.1 Å². The zero-order valence-electron chi connectivity index (χ0n) is 13.4. The van der Waals surface area contributed by atoms with E-state index in [-0.39, 0.29) is 0 Å². The molecule has 1 spiro atoms. The highest BCUT2D eigenvalue weighted by Gasteiger charge is 2.65. The summed E-state index contributed by atoms with van der Waals surface area (Å²) in [6.07, 6.45) is 5.95. The van der Waals surface area contributed by atoms with Crippen LogP contribution in [0.1, 0.15) is 60.3 Å². The summed E-state index contributed by atoms with van der Waals surface area (Å²) in [6.45, 7) is 13.9. The van der Waals surface area contributed by atoms with Crippen molar-refractivity contribution in [3.63, 3.8) is 0 Å². The van der Waals surface area contributed by atoms with E-state index in [1.165, 1.54) is 32.2 Å². The lowest BCUT2D eigenvalue weighted by molar-refractivity contribution is -0.172. The van der Waals surface area contributed by atoms with Crippen molar-refractivity contribution in [1.82, 2.24) is 5.32 Å². The van der Waals surface area contributed by atoms with Crippen LogP contribution in [0.4, 0.5) is 0 Å². The summed E-state index contributed by atoms with van der Waals surface area (Å²) in [5.41, 5.74) is 1.53. The number of hydrogen-bond acceptors (Lipinski definition) is 2. The lowest BCUT2D eigenvalue weighted by Gasteiger charge is -2.61. The molecular weight excluding hydrogens is 234 g/mol. The number of ether oxygens (including phenoxy) is 1. The molecule has 2 atom stereocenters. The highest BCUT2D eigenvalue weighted by atomic mass is 16.5. The minimum atomic E-state index is 0.510. The Balaban J connectivity index is 1.53. The van der Waals surface area contributed by atoms with Crippen LogP contribution in [0.15, 0.2) is 0 Å². The quantitative estimate of drug-likeness (QED) is 0.820. The largest absolute Gasteiger partial charge is 0.378 e. The maximum Gasteiger partial charge on any atom is 0.0661 e. The van der Waals surface area contributed by atoms with E-state index in [2.05, 4.69) is 39.9 Å². The fourth-order valence-electron chi connectivity index (χ4n) is 4.83. The minimum Gasteiger partial charge on any atom is -0.378 e. The van der Waals surface area contributed by atoms with Crippen molar-refractivity contribution in [1.29, 1.82) is 0 Å². The first-order valence-corrected chi connectivity index (χ1v) is 8.21. The Hall–Kier alpha value is -0.0800. The molecule has 0 bridgehead atoms. The van der Waals surface area contributed by atoms with E-state index in [0.717, 1.165) is 18.6 Å². The molecule has 2 nitrogen and oxygen atoms in total. The minimum absolute atomic E-state index is 0.510. The van der Waals surface area contributed by atoms with E-state index in [1.54, 1.807) is 0 Å². The average molecular weight is 265 g/mol. The number of nitrogens with one attached hydrogen (secondary N) is 1. The molecule has 0 aliphatic heterocycles. The van der Waals surface area contributed by atoms with Gasteiger partial charge in [0.2, 0.25) is 0 Å². The average Bonchev–Trinajstić information content (AvgIpc) is 2.61. The van der Waals surface area contributed by atoms with Gasteiger partial charge in [-0.2, -0.15) is 0 Å². The van der Waals surface area contributed by atoms with Gasteiger partial charge in [-0.3, -0.25) is 0 Å². The third kappa shape index (κ3) is 1.75. The molecular formula is C17H31NO. The molecule has 3 rings (SSSR count). The first-order valence-electron chi connectivity index (χ1n) is 8.21. The third-order valence-electron chi connectivity index (χ3n) is 7.33. The fraction of sp³-hybridized carbons (Fsp3) is 1.00. The van der Waals surface area contributed by atoms with Crippen molar-refractivity contribution in [3.05, 3.63) is 0 Å². The molecule has 2 unspecified atom stereocenters. The lowest BCUT2D eigenvalue weighted by Crippen LogP contribution is -2.67. The Kier molecular flexibility index (Phi) is 3.07. The molecule has 110 valence electrons. The molecule has 0 saturated heterocycles. The van der Waals surface area contributed by atoms with E-state index in [1.807, 2.05) is 0 Å². The van der Waals surface area contributed by atoms with Crippen molar-refractivity contribution in [2.24, 2.45) is 22.2 Å². The Labute approximate surface area is 118 Å². The third-order valence-corrected chi connectivity index (χ3v) is 7.33. The van der Waals surface area contributed by atoms with Gasteiger partial charge in [-0.15, -0.1) is 0 Å². The predicted molar refractivity (Wildman–Crippen MR) is 79.2 cm³/mol. The van der Waals surface area contributed by atoms with Gasteiger partial charge in [-0.1, -0.05) is 34.1 Å². The molecule has 0 radical (unpaired) electrons. The lowest BCUT2D eigenvalue weighted by atomic mass is 9.51. The Morgan fingerprint density at radius 3 is 2.16 bits per heavy atom. The second kappa shape index (κ2) is 4.21. The van der Waals surface area contributed by atoms with Crippen LogP contribution >= 0.6 is 0 Å². The topological polar surface area (TPSA) is 21.3 Å². The first kappa shape index (κ1) is 13.9. The zero-order chi connectivity index (χ0) is 13.9. The molecule has 0 aromatic rings. The van der Waals surface area contributed by atoms with E-state index >= 15 is 0 Å². The summed E-state index contributed by atoms with van der Waals surface area (Å²) >= 11 is 0. The Morgan fingerprint density at radius 2 is 1.74 bits per heavy atom. The van der Waals surface area contributed by atoms with Gasteiger partial charge < -0.3 is 10.1 Å². The second-order valence-corrected chi connectivity index (χ2v) is 8.22. The number of hydrogen-bond donors (Lipinski definition) is 1. The van der Waals surface area contributed by atoms with Gasteiger partial charge >= 0.3 is 0 Å². The monoisotopic (exact) mass is 265 g/mol. The summed E-state index contributed by atoms with van der Waals surface area (Å²) in [6, 6.07) is 0.727. The zero-order valence-corrected chi connectivity index (χ0v) is 13.4. The highest BCUT2D eigenvalue weighted by Crippen LogP contribution is 2.68. The first-order chi connectivity index (χ1) is 8.86. The van der Waals surface area contributed by atoms with Crippen molar-refractivity contribution in [3.8, 4) is 0 Å². The summed E-state index contributed by atoms with van der Waals surface area (Å²) in [7, 11) is 0. The van der Waals surface area contributed by atoms with Gasteiger partial charge in [-0.25, -0.2) is 0 Å². The van der Waals surface area contributed by atoms with Crippen LogP contribution in [0, 0.1) is 22.2 Å². The molecule has 2 heteroatoms. The van der Waals surface area contributed by atoms with Crippen LogP contribution < -0.4 is 5.32 Å². The second-order valence-electron chi connectivity index (χ2n) is 8.22. The highest BCUT2D eigenvalue weighted by molar-refractivity contribution is 5.16. The molecule has 3 aliphatic rings. The van der Waals surface area contributed by atoms with Crippen molar-refractivity contribution < 1.29 is 4.74 Å². The smallest absolute Gasteiger partial charge is 0.0661 e. The van der Waals surface area contributed by atoms with Gasteiger partial charge in [0.05, 0.1) is 6.10 Å².